The van der Waals surface area contributed by atoms with Crippen LogP contribution in [0.2, 0.25) is 5.02 Å². The summed E-state index contributed by atoms with van der Waals surface area (Å²) in [5.41, 5.74) is 7.71. The van der Waals surface area contributed by atoms with Crippen molar-refractivity contribution in [1.29, 1.82) is 0 Å². The van der Waals surface area contributed by atoms with Crippen molar-refractivity contribution in [2.45, 2.75) is 25.3 Å². The molecular weight excluding hydrogens is 404 g/mol. The minimum atomic E-state index is -0.872. The van der Waals surface area contributed by atoms with Crippen molar-refractivity contribution in [3.05, 3.63) is 70.9 Å². The Morgan fingerprint density at radius 1 is 1.07 bits per heavy atom. The first-order valence-corrected chi connectivity index (χ1v) is 9.99. The number of carbonyl (C=O) groups excluding carboxylic acids is 3. The summed E-state index contributed by atoms with van der Waals surface area (Å²) in [7, 11) is 0. The number of nitrogens with two attached hydrogens (primary N) is 1. The lowest BCUT2D eigenvalue weighted by Crippen LogP contribution is -2.47. The molecule has 0 radical (unpaired) electrons. The number of fused-ring (bicyclic) bond motifs is 1. The zero-order valence-corrected chi connectivity index (χ0v) is 17.0. The fourth-order valence-electron chi connectivity index (χ4n) is 3.18. The molecule has 0 fully saturated rings. The van der Waals surface area contributed by atoms with Crippen molar-refractivity contribution >= 4 is 40.2 Å². The van der Waals surface area contributed by atoms with Crippen LogP contribution in [-0.2, 0) is 16.0 Å². The van der Waals surface area contributed by atoms with E-state index in [1.165, 1.54) is 0 Å². The summed E-state index contributed by atoms with van der Waals surface area (Å²) in [6.07, 6.45) is 2.65. The summed E-state index contributed by atoms with van der Waals surface area (Å²) >= 11 is 5.84. The molecule has 1 atom stereocenters. The maximum Gasteiger partial charge on any atom is 0.251 e. The Balaban J connectivity index is 1.60. The molecule has 1 heterocycles. The number of nitrogens with one attached hydrogen (secondary N) is 3. The first-order chi connectivity index (χ1) is 14.4. The predicted molar refractivity (Wildman–Crippen MR) is 116 cm³/mol. The van der Waals surface area contributed by atoms with Crippen molar-refractivity contribution in [1.82, 2.24) is 15.6 Å². The molecule has 3 rings (SSSR count). The first-order valence-electron chi connectivity index (χ1n) is 9.61. The molecule has 0 aliphatic heterocycles. The average Bonchev–Trinajstić information content (AvgIpc) is 3.14. The highest BCUT2D eigenvalue weighted by atomic mass is 35.5. The van der Waals surface area contributed by atoms with Crippen molar-refractivity contribution in [2.75, 3.05) is 6.54 Å². The number of aromatic amines is 1. The van der Waals surface area contributed by atoms with Crippen molar-refractivity contribution in [2.24, 2.45) is 5.73 Å². The first kappa shape index (κ1) is 21.4. The average molecular weight is 427 g/mol. The van der Waals surface area contributed by atoms with Crippen molar-refractivity contribution in [3.63, 3.8) is 0 Å². The van der Waals surface area contributed by atoms with Gasteiger partial charge in [-0.2, -0.15) is 0 Å². The van der Waals surface area contributed by atoms with E-state index in [0.29, 0.717) is 23.6 Å². The van der Waals surface area contributed by atoms with Crippen LogP contribution in [0.15, 0.2) is 54.7 Å². The molecule has 0 unspecified atom stereocenters. The van der Waals surface area contributed by atoms with E-state index in [1.54, 1.807) is 24.3 Å². The van der Waals surface area contributed by atoms with E-state index in [9.17, 15) is 14.4 Å². The summed E-state index contributed by atoms with van der Waals surface area (Å²) in [5.74, 6) is -1.32. The molecule has 0 saturated heterocycles. The third kappa shape index (κ3) is 5.61. The van der Waals surface area contributed by atoms with Crippen LogP contribution in [0.4, 0.5) is 0 Å². The van der Waals surface area contributed by atoms with Gasteiger partial charge in [0.15, 0.2) is 0 Å². The lowest BCUT2D eigenvalue weighted by atomic mass is 10.1. The lowest BCUT2D eigenvalue weighted by Gasteiger charge is -2.18. The van der Waals surface area contributed by atoms with E-state index in [-0.39, 0.29) is 18.7 Å². The van der Waals surface area contributed by atoms with Gasteiger partial charge in [-0.15, -0.1) is 0 Å². The monoisotopic (exact) mass is 426 g/mol. The molecule has 0 spiro atoms. The fourth-order valence-corrected chi connectivity index (χ4v) is 3.31. The molecule has 0 aliphatic carbocycles. The molecular formula is C22H23ClN4O3. The molecule has 2 aromatic carbocycles. The molecule has 5 N–H and O–H groups in total. The van der Waals surface area contributed by atoms with Gasteiger partial charge in [0.2, 0.25) is 11.8 Å². The van der Waals surface area contributed by atoms with E-state index in [2.05, 4.69) is 15.6 Å². The van der Waals surface area contributed by atoms with Gasteiger partial charge in [-0.1, -0.05) is 29.8 Å². The molecule has 3 aromatic rings. The number of benzene rings is 2. The largest absolute Gasteiger partial charge is 0.370 e. The van der Waals surface area contributed by atoms with Crippen LogP contribution in [0, 0.1) is 0 Å². The van der Waals surface area contributed by atoms with Gasteiger partial charge in [0.1, 0.15) is 6.04 Å². The van der Waals surface area contributed by atoms with Gasteiger partial charge in [0.05, 0.1) is 0 Å². The predicted octanol–water partition coefficient (Wildman–Crippen LogP) is 2.54. The number of halogens is 1. The van der Waals surface area contributed by atoms with E-state index < -0.39 is 17.9 Å². The number of amides is 3. The Bertz CT molecular complexity index is 1050. The number of hydrogen-bond donors (Lipinski definition) is 4. The second kappa shape index (κ2) is 9.93. The minimum absolute atomic E-state index is 0.0125. The number of aromatic nitrogens is 1. The lowest BCUT2D eigenvalue weighted by molar-refractivity contribution is -0.123. The number of carbonyl (C=O) groups is 3. The van der Waals surface area contributed by atoms with E-state index in [1.807, 2.05) is 30.5 Å². The Morgan fingerprint density at radius 3 is 2.53 bits per heavy atom. The van der Waals surface area contributed by atoms with Crippen LogP contribution in [0.25, 0.3) is 10.9 Å². The second-order valence-corrected chi connectivity index (χ2v) is 7.37. The number of H-pyrrole nitrogens is 1. The molecule has 8 heteroatoms. The molecule has 0 saturated carbocycles. The highest BCUT2D eigenvalue weighted by Crippen LogP contribution is 2.17. The topological polar surface area (TPSA) is 117 Å². The number of para-hydroxylation sites is 1. The minimum Gasteiger partial charge on any atom is -0.370 e. The SMILES string of the molecule is NC(=O)CC[C@@H](NC(=O)c1ccc(Cl)cc1)C(=O)NCCc1c[nH]c2ccccc12. The molecule has 0 aliphatic rings. The summed E-state index contributed by atoms with van der Waals surface area (Å²) in [6, 6.07) is 13.4. The maximum absolute atomic E-state index is 12.7. The maximum atomic E-state index is 12.7. The summed E-state index contributed by atoms with van der Waals surface area (Å²) in [6.45, 7) is 0.393. The van der Waals surface area contributed by atoms with Gasteiger partial charge >= 0.3 is 0 Å². The van der Waals surface area contributed by atoms with Gasteiger partial charge in [-0.3, -0.25) is 14.4 Å². The molecule has 7 nitrogen and oxygen atoms in total. The molecule has 3 amide bonds. The Morgan fingerprint density at radius 2 is 1.80 bits per heavy atom. The Hall–Kier alpha value is -3.32. The number of hydrogen-bond acceptors (Lipinski definition) is 3. The zero-order chi connectivity index (χ0) is 21.5. The highest BCUT2D eigenvalue weighted by molar-refractivity contribution is 6.30. The number of primary amides is 1. The van der Waals surface area contributed by atoms with Gasteiger partial charge in [-0.25, -0.2) is 0 Å². The normalized spacial score (nSPS) is 11.8. The van der Waals surface area contributed by atoms with Crippen LogP contribution in [0.5, 0.6) is 0 Å². The summed E-state index contributed by atoms with van der Waals surface area (Å²) < 4.78 is 0. The van der Waals surface area contributed by atoms with Crippen LogP contribution < -0.4 is 16.4 Å². The molecule has 1 aromatic heterocycles. The van der Waals surface area contributed by atoms with Crippen molar-refractivity contribution in [3.8, 4) is 0 Å². The van der Waals surface area contributed by atoms with Crippen molar-refractivity contribution < 1.29 is 14.4 Å². The van der Waals surface area contributed by atoms with E-state index >= 15 is 0 Å². The van der Waals surface area contributed by atoms with Crippen LogP contribution >= 0.6 is 11.6 Å². The standard InChI is InChI=1S/C22H23ClN4O3/c23-16-7-5-14(6-8-16)21(29)27-19(9-10-20(24)28)22(30)25-12-11-15-13-26-18-4-2-1-3-17(15)18/h1-8,13,19,26H,9-12H2,(H2,24,28)(H,25,30)(H,27,29)/t19-/m1/s1. The van der Waals surface area contributed by atoms with E-state index in [0.717, 1.165) is 16.5 Å². The fraction of sp³-hybridized carbons (Fsp3) is 0.227. The zero-order valence-electron chi connectivity index (χ0n) is 16.3. The van der Waals surface area contributed by atoms with Gasteiger partial charge < -0.3 is 21.4 Å². The van der Waals surface area contributed by atoms with Crippen LogP contribution in [0.3, 0.4) is 0 Å². The highest BCUT2D eigenvalue weighted by Gasteiger charge is 2.22. The van der Waals surface area contributed by atoms with E-state index in [4.69, 9.17) is 17.3 Å². The molecule has 0 bridgehead atoms. The smallest absolute Gasteiger partial charge is 0.251 e. The Kier molecular flexibility index (Phi) is 7.08. The van der Waals surface area contributed by atoms with Gasteiger partial charge in [0, 0.05) is 40.7 Å². The van der Waals surface area contributed by atoms with Gasteiger partial charge in [0.25, 0.3) is 5.91 Å². The third-order valence-corrected chi connectivity index (χ3v) is 5.03. The Labute approximate surface area is 179 Å². The van der Waals surface area contributed by atoms with Gasteiger partial charge in [-0.05, 0) is 48.7 Å². The summed E-state index contributed by atoms with van der Waals surface area (Å²) in [5, 5.41) is 7.12. The quantitative estimate of drug-likeness (QED) is 0.421. The van der Waals surface area contributed by atoms with Crippen LogP contribution in [0.1, 0.15) is 28.8 Å². The van der Waals surface area contributed by atoms with Crippen LogP contribution in [-0.4, -0.2) is 35.3 Å². The second-order valence-electron chi connectivity index (χ2n) is 6.94. The molecule has 156 valence electrons. The number of rotatable bonds is 9. The summed E-state index contributed by atoms with van der Waals surface area (Å²) in [4.78, 5) is 39.5. The third-order valence-electron chi connectivity index (χ3n) is 4.78. The molecule has 30 heavy (non-hydrogen) atoms.